The number of rotatable bonds is 8. The van der Waals surface area contributed by atoms with Crippen LogP contribution in [0.4, 0.5) is 5.69 Å². The van der Waals surface area contributed by atoms with Crippen LogP contribution in [0, 0.1) is 0 Å². The van der Waals surface area contributed by atoms with Crippen molar-refractivity contribution < 1.29 is 4.79 Å². The molecule has 1 amide bonds. The first kappa shape index (κ1) is 20.5. The molecule has 0 saturated carbocycles. The molecule has 144 valence electrons. The summed E-state index contributed by atoms with van der Waals surface area (Å²) in [6.45, 7) is 2.13. The Morgan fingerprint density at radius 2 is 1.57 bits per heavy atom. The van der Waals surface area contributed by atoms with Gasteiger partial charge in [0.25, 0.3) is 0 Å². The van der Waals surface area contributed by atoms with Gasteiger partial charge in [0, 0.05) is 15.6 Å². The van der Waals surface area contributed by atoms with E-state index in [-0.39, 0.29) is 5.91 Å². The number of benzene rings is 3. The highest BCUT2D eigenvalue weighted by Gasteiger charge is 2.05. The van der Waals surface area contributed by atoms with Gasteiger partial charge in [-0.3, -0.25) is 4.79 Å². The second kappa shape index (κ2) is 10.4. The number of thioether (sulfide) groups is 1. The maximum absolute atomic E-state index is 12.3. The Morgan fingerprint density at radius 3 is 2.25 bits per heavy atom. The first-order chi connectivity index (χ1) is 13.6. The molecule has 1 N–H and O–H groups in total. The van der Waals surface area contributed by atoms with Crippen molar-refractivity contribution in [3.63, 3.8) is 0 Å². The molecule has 4 heteroatoms. The van der Waals surface area contributed by atoms with Crippen LogP contribution in [0.3, 0.4) is 0 Å². The zero-order chi connectivity index (χ0) is 19.8. The maximum Gasteiger partial charge on any atom is 0.228 e. The summed E-state index contributed by atoms with van der Waals surface area (Å²) in [6, 6.07) is 24.2. The summed E-state index contributed by atoms with van der Waals surface area (Å²) < 4.78 is 0. The van der Waals surface area contributed by atoms with Gasteiger partial charge in [-0.15, -0.1) is 11.8 Å². The summed E-state index contributed by atoms with van der Waals surface area (Å²) in [4.78, 5) is 13.5. The molecule has 3 rings (SSSR count). The first-order valence-corrected chi connectivity index (χ1v) is 10.8. The molecule has 0 bridgehead atoms. The van der Waals surface area contributed by atoms with Crippen molar-refractivity contribution in [2.24, 2.45) is 0 Å². The van der Waals surface area contributed by atoms with E-state index >= 15 is 0 Å². The summed E-state index contributed by atoms with van der Waals surface area (Å²) in [5.74, 6) is 1.05. The van der Waals surface area contributed by atoms with E-state index in [1.165, 1.54) is 16.0 Å². The van der Waals surface area contributed by atoms with E-state index in [1.807, 2.05) is 42.5 Å². The predicted octanol–water partition coefficient (Wildman–Crippen LogP) is 6.42. The standard InChI is InChI=1S/C24H24ClNOS/c1-2-28-23-14-10-20(11-15-23)17-24(27)26-22-12-8-18(9-13-22)6-7-19-4-3-5-21(25)16-19/h3-5,8-16H,2,6-7,17H2,1H3,(H,26,27). The highest BCUT2D eigenvalue weighted by Crippen LogP contribution is 2.19. The van der Waals surface area contributed by atoms with Crippen LogP contribution in [0.15, 0.2) is 77.7 Å². The number of carbonyl (C=O) groups excluding carboxylic acids is 1. The lowest BCUT2D eigenvalue weighted by atomic mass is 10.0. The summed E-state index contributed by atoms with van der Waals surface area (Å²) in [6.07, 6.45) is 2.27. The third-order valence-electron chi connectivity index (χ3n) is 4.43. The lowest BCUT2D eigenvalue weighted by Crippen LogP contribution is -2.14. The molecule has 0 heterocycles. The van der Waals surface area contributed by atoms with Crippen LogP contribution in [0.25, 0.3) is 0 Å². The predicted molar refractivity (Wildman–Crippen MR) is 120 cm³/mol. The average molecular weight is 410 g/mol. The van der Waals surface area contributed by atoms with Crippen molar-refractivity contribution in [3.8, 4) is 0 Å². The number of nitrogens with one attached hydrogen (secondary N) is 1. The fourth-order valence-electron chi connectivity index (χ4n) is 3.00. The van der Waals surface area contributed by atoms with E-state index < -0.39 is 0 Å². The molecule has 2 nitrogen and oxygen atoms in total. The van der Waals surface area contributed by atoms with Crippen LogP contribution in [-0.4, -0.2) is 11.7 Å². The van der Waals surface area contributed by atoms with Crippen molar-refractivity contribution >= 4 is 35.0 Å². The Morgan fingerprint density at radius 1 is 0.893 bits per heavy atom. The Hall–Kier alpha value is -2.23. The summed E-state index contributed by atoms with van der Waals surface area (Å²) in [5.41, 5.74) is 4.32. The second-order valence-corrected chi connectivity index (χ2v) is 8.40. The van der Waals surface area contributed by atoms with Gasteiger partial charge in [-0.05, 0) is 71.7 Å². The van der Waals surface area contributed by atoms with Crippen molar-refractivity contribution in [1.82, 2.24) is 0 Å². The molecular formula is C24H24ClNOS. The topological polar surface area (TPSA) is 29.1 Å². The van der Waals surface area contributed by atoms with Crippen LogP contribution < -0.4 is 5.32 Å². The number of aryl methyl sites for hydroxylation is 2. The van der Waals surface area contributed by atoms with Crippen LogP contribution in [0.2, 0.25) is 5.02 Å². The van der Waals surface area contributed by atoms with Crippen LogP contribution in [-0.2, 0) is 24.1 Å². The number of anilines is 1. The maximum atomic E-state index is 12.3. The Kier molecular flexibility index (Phi) is 7.58. The average Bonchev–Trinajstić information content (AvgIpc) is 2.69. The number of hydrogen-bond donors (Lipinski definition) is 1. The Balaban J connectivity index is 1.49. The van der Waals surface area contributed by atoms with Gasteiger partial charge in [0.15, 0.2) is 0 Å². The zero-order valence-electron chi connectivity index (χ0n) is 16.0. The molecule has 0 aliphatic heterocycles. The zero-order valence-corrected chi connectivity index (χ0v) is 17.5. The minimum absolute atomic E-state index is 0.00238. The molecule has 0 atom stereocenters. The molecule has 3 aromatic rings. The molecule has 0 aromatic heterocycles. The van der Waals surface area contributed by atoms with Gasteiger partial charge in [0.05, 0.1) is 6.42 Å². The van der Waals surface area contributed by atoms with E-state index in [4.69, 9.17) is 11.6 Å². The number of amides is 1. The van der Waals surface area contributed by atoms with Crippen LogP contribution in [0.5, 0.6) is 0 Å². The van der Waals surface area contributed by atoms with Gasteiger partial charge in [0.2, 0.25) is 5.91 Å². The highest BCUT2D eigenvalue weighted by atomic mass is 35.5. The highest BCUT2D eigenvalue weighted by molar-refractivity contribution is 7.99. The summed E-state index contributed by atoms with van der Waals surface area (Å²) >= 11 is 7.84. The van der Waals surface area contributed by atoms with Crippen molar-refractivity contribution in [3.05, 3.63) is 94.5 Å². The van der Waals surface area contributed by atoms with E-state index in [2.05, 4.69) is 42.6 Å². The van der Waals surface area contributed by atoms with Gasteiger partial charge >= 0.3 is 0 Å². The van der Waals surface area contributed by atoms with E-state index in [0.29, 0.717) is 6.42 Å². The first-order valence-electron chi connectivity index (χ1n) is 9.47. The Bertz CT molecular complexity index is 907. The molecule has 0 aliphatic rings. The molecule has 0 unspecified atom stereocenters. The largest absolute Gasteiger partial charge is 0.326 e. The summed E-state index contributed by atoms with van der Waals surface area (Å²) in [7, 11) is 0. The minimum atomic E-state index is 0.00238. The Labute approximate surface area is 176 Å². The monoisotopic (exact) mass is 409 g/mol. The van der Waals surface area contributed by atoms with Crippen molar-refractivity contribution in [2.75, 3.05) is 11.1 Å². The van der Waals surface area contributed by atoms with E-state index in [9.17, 15) is 4.79 Å². The fraction of sp³-hybridized carbons (Fsp3) is 0.208. The third kappa shape index (κ3) is 6.43. The number of carbonyl (C=O) groups is 1. The lowest BCUT2D eigenvalue weighted by molar-refractivity contribution is -0.115. The van der Waals surface area contributed by atoms with Gasteiger partial charge in [-0.25, -0.2) is 0 Å². The smallest absolute Gasteiger partial charge is 0.228 e. The minimum Gasteiger partial charge on any atom is -0.326 e. The van der Waals surface area contributed by atoms with Gasteiger partial charge in [-0.1, -0.05) is 54.9 Å². The molecule has 0 radical (unpaired) electrons. The molecule has 0 saturated heterocycles. The van der Waals surface area contributed by atoms with E-state index in [1.54, 1.807) is 11.8 Å². The van der Waals surface area contributed by atoms with Crippen molar-refractivity contribution in [2.45, 2.75) is 31.1 Å². The number of halogens is 1. The van der Waals surface area contributed by atoms with Crippen molar-refractivity contribution in [1.29, 1.82) is 0 Å². The molecule has 0 fully saturated rings. The molecule has 0 spiro atoms. The molecule has 0 aliphatic carbocycles. The van der Waals surface area contributed by atoms with E-state index in [0.717, 1.165) is 34.9 Å². The quantitative estimate of drug-likeness (QED) is 0.435. The fourth-order valence-corrected chi connectivity index (χ4v) is 3.87. The van der Waals surface area contributed by atoms with Gasteiger partial charge in [-0.2, -0.15) is 0 Å². The number of hydrogen-bond acceptors (Lipinski definition) is 2. The lowest BCUT2D eigenvalue weighted by Gasteiger charge is -2.08. The SMILES string of the molecule is CCSc1ccc(CC(=O)Nc2ccc(CCc3cccc(Cl)c3)cc2)cc1. The van der Waals surface area contributed by atoms with Crippen LogP contribution >= 0.6 is 23.4 Å². The van der Waals surface area contributed by atoms with Crippen LogP contribution in [0.1, 0.15) is 23.6 Å². The molecule has 28 heavy (non-hydrogen) atoms. The third-order valence-corrected chi connectivity index (χ3v) is 5.56. The summed E-state index contributed by atoms with van der Waals surface area (Å²) in [5, 5.41) is 3.75. The van der Waals surface area contributed by atoms with Gasteiger partial charge in [0.1, 0.15) is 0 Å². The molecular weight excluding hydrogens is 386 g/mol. The normalized spacial score (nSPS) is 10.6. The molecule has 3 aromatic carbocycles. The van der Waals surface area contributed by atoms with Gasteiger partial charge < -0.3 is 5.32 Å². The second-order valence-electron chi connectivity index (χ2n) is 6.63.